The van der Waals surface area contributed by atoms with Crippen molar-refractivity contribution in [2.24, 2.45) is 10.2 Å². The Bertz CT molecular complexity index is 713. The van der Waals surface area contributed by atoms with E-state index in [1.54, 1.807) is 13.3 Å². The van der Waals surface area contributed by atoms with Crippen LogP contribution >= 0.6 is 11.8 Å². The minimum absolute atomic E-state index is 0.207. The van der Waals surface area contributed by atoms with Crippen molar-refractivity contribution in [2.45, 2.75) is 0 Å². The molecule has 0 aromatic heterocycles. The van der Waals surface area contributed by atoms with Gasteiger partial charge in [-0.1, -0.05) is 0 Å². The Balaban J connectivity index is 1.92. The van der Waals surface area contributed by atoms with Crippen molar-refractivity contribution in [2.75, 3.05) is 27.4 Å². The molecule has 1 aliphatic heterocycles. The van der Waals surface area contributed by atoms with Crippen LogP contribution in [0.4, 0.5) is 0 Å². The molecule has 1 amide bonds. The predicted octanol–water partition coefficient (Wildman–Crippen LogP) is 1.32. The Morgan fingerprint density at radius 1 is 1.24 bits per heavy atom. The highest BCUT2D eigenvalue weighted by molar-refractivity contribution is 8.18. The summed E-state index contributed by atoms with van der Waals surface area (Å²) in [5.74, 6) is -0.283. The fourth-order valence-corrected chi connectivity index (χ4v) is 2.42. The number of carbonyl (C=O) groups excluding carboxylic acids is 2. The van der Waals surface area contributed by atoms with Gasteiger partial charge in [0.1, 0.15) is 12.4 Å². The molecule has 2 rings (SSSR count). The number of amides is 1. The van der Waals surface area contributed by atoms with E-state index in [2.05, 4.69) is 20.3 Å². The summed E-state index contributed by atoms with van der Waals surface area (Å²) >= 11 is 1.02. The molecule has 1 aliphatic rings. The summed E-state index contributed by atoms with van der Waals surface area (Å²) in [5.41, 5.74) is 0.822. The van der Waals surface area contributed by atoms with E-state index in [1.165, 1.54) is 7.11 Å². The summed E-state index contributed by atoms with van der Waals surface area (Å²) in [7, 11) is 2.85. The highest BCUT2D eigenvalue weighted by Crippen LogP contribution is 2.23. The summed E-state index contributed by atoms with van der Waals surface area (Å²) in [4.78, 5) is 23.0. The van der Waals surface area contributed by atoms with Crippen LogP contribution in [0.25, 0.3) is 0 Å². The molecule has 132 valence electrons. The molecule has 1 heterocycles. The first-order valence-corrected chi connectivity index (χ1v) is 8.05. The van der Waals surface area contributed by atoms with Crippen molar-refractivity contribution in [1.82, 2.24) is 5.32 Å². The molecule has 25 heavy (non-hydrogen) atoms. The fourth-order valence-electron chi connectivity index (χ4n) is 1.68. The van der Waals surface area contributed by atoms with Crippen molar-refractivity contribution in [3.05, 3.63) is 40.8 Å². The third kappa shape index (κ3) is 6.05. The molecule has 1 N–H and O–H groups in total. The maximum atomic E-state index is 11.7. The zero-order valence-electron chi connectivity index (χ0n) is 13.7. The standard InChI is InChI=1S/C16H17N3O5S/c1-22-7-8-24-12-5-3-11(4-6-12)10-17-19-16-18-15(21)13(25-16)9-14(20)23-2/h3-6,9-10H,7-8H2,1-2H3,(H,18,19,21)/b13-9+,17-10?. The zero-order chi connectivity index (χ0) is 18.1. The van der Waals surface area contributed by atoms with Crippen LogP contribution in [0.5, 0.6) is 5.75 Å². The molecule has 1 aromatic carbocycles. The van der Waals surface area contributed by atoms with Gasteiger partial charge in [0.15, 0.2) is 5.17 Å². The van der Waals surface area contributed by atoms with E-state index in [0.29, 0.717) is 13.2 Å². The average Bonchev–Trinajstić information content (AvgIpc) is 2.96. The number of benzene rings is 1. The summed E-state index contributed by atoms with van der Waals surface area (Å²) < 4.78 is 14.8. The van der Waals surface area contributed by atoms with Gasteiger partial charge in [-0.15, -0.1) is 5.10 Å². The lowest BCUT2D eigenvalue weighted by atomic mass is 10.2. The van der Waals surface area contributed by atoms with E-state index in [0.717, 1.165) is 29.2 Å². The molecule has 8 nitrogen and oxygen atoms in total. The number of nitrogens with one attached hydrogen (secondary N) is 1. The van der Waals surface area contributed by atoms with Gasteiger partial charge in [0, 0.05) is 13.2 Å². The van der Waals surface area contributed by atoms with E-state index < -0.39 is 11.9 Å². The first-order chi connectivity index (χ1) is 12.1. The normalized spacial score (nSPS) is 17.3. The Kier molecular flexibility index (Phi) is 7.17. The Labute approximate surface area is 148 Å². The number of hydrogen-bond donors (Lipinski definition) is 1. The third-order valence-corrected chi connectivity index (χ3v) is 3.79. The number of methoxy groups -OCH3 is 2. The Hall–Kier alpha value is -2.65. The van der Waals surface area contributed by atoms with E-state index in [4.69, 9.17) is 9.47 Å². The zero-order valence-corrected chi connectivity index (χ0v) is 14.5. The van der Waals surface area contributed by atoms with Crippen LogP contribution in [0.1, 0.15) is 5.56 Å². The topological polar surface area (TPSA) is 98.6 Å². The maximum absolute atomic E-state index is 11.7. The summed E-state index contributed by atoms with van der Waals surface area (Å²) in [6.45, 7) is 1.01. The molecule has 0 aliphatic carbocycles. The number of ether oxygens (including phenoxy) is 3. The quantitative estimate of drug-likeness (QED) is 0.258. The van der Waals surface area contributed by atoms with E-state index in [-0.39, 0.29) is 10.1 Å². The highest BCUT2D eigenvalue weighted by Gasteiger charge is 2.24. The van der Waals surface area contributed by atoms with E-state index in [9.17, 15) is 9.59 Å². The van der Waals surface area contributed by atoms with Gasteiger partial charge < -0.3 is 14.2 Å². The summed E-state index contributed by atoms with van der Waals surface area (Å²) in [5, 5.41) is 10.6. The molecular weight excluding hydrogens is 346 g/mol. The van der Waals surface area contributed by atoms with Gasteiger partial charge in [-0.3, -0.25) is 10.1 Å². The number of amidine groups is 1. The van der Waals surface area contributed by atoms with Crippen LogP contribution in [0.3, 0.4) is 0 Å². The van der Waals surface area contributed by atoms with E-state index in [1.807, 2.05) is 24.3 Å². The highest BCUT2D eigenvalue weighted by atomic mass is 32.2. The van der Waals surface area contributed by atoms with Gasteiger partial charge in [0.25, 0.3) is 5.91 Å². The first kappa shape index (κ1) is 18.7. The number of hydrogen-bond acceptors (Lipinski definition) is 8. The van der Waals surface area contributed by atoms with Crippen molar-refractivity contribution >= 4 is 35.0 Å². The van der Waals surface area contributed by atoms with Gasteiger partial charge in [0.2, 0.25) is 0 Å². The van der Waals surface area contributed by atoms with Crippen molar-refractivity contribution in [3.63, 3.8) is 0 Å². The van der Waals surface area contributed by atoms with Crippen molar-refractivity contribution < 1.29 is 23.8 Å². The molecule has 0 bridgehead atoms. The first-order valence-electron chi connectivity index (χ1n) is 7.24. The van der Waals surface area contributed by atoms with Gasteiger partial charge in [-0.05, 0) is 41.6 Å². The van der Waals surface area contributed by atoms with Crippen LogP contribution in [0, 0.1) is 0 Å². The molecule has 1 saturated heterocycles. The lowest BCUT2D eigenvalue weighted by Crippen LogP contribution is -2.19. The van der Waals surface area contributed by atoms with Gasteiger partial charge in [-0.25, -0.2) is 4.79 Å². The molecule has 0 atom stereocenters. The molecule has 9 heteroatoms. The van der Waals surface area contributed by atoms with Crippen LogP contribution in [0.15, 0.2) is 45.4 Å². The average molecular weight is 363 g/mol. The number of carbonyl (C=O) groups is 2. The monoisotopic (exact) mass is 363 g/mol. The molecule has 0 radical (unpaired) electrons. The molecule has 0 unspecified atom stereocenters. The van der Waals surface area contributed by atoms with Gasteiger partial charge in [-0.2, -0.15) is 5.10 Å². The molecule has 1 fully saturated rings. The summed E-state index contributed by atoms with van der Waals surface area (Å²) in [6, 6.07) is 7.28. The van der Waals surface area contributed by atoms with Crippen LogP contribution in [-0.2, 0) is 19.1 Å². The molecule has 1 aromatic rings. The van der Waals surface area contributed by atoms with Crippen LogP contribution < -0.4 is 10.1 Å². The molecule has 0 saturated carbocycles. The third-order valence-electron chi connectivity index (χ3n) is 2.89. The second kappa shape index (κ2) is 9.60. The number of thioether (sulfide) groups is 1. The lowest BCUT2D eigenvalue weighted by Gasteiger charge is -2.04. The van der Waals surface area contributed by atoms with Gasteiger partial charge in [0.05, 0.1) is 24.8 Å². The van der Waals surface area contributed by atoms with E-state index >= 15 is 0 Å². The maximum Gasteiger partial charge on any atom is 0.331 e. The minimum Gasteiger partial charge on any atom is -0.491 e. The smallest absolute Gasteiger partial charge is 0.331 e. The SMILES string of the molecule is COCCOc1ccc(C=N/N=C2/NC(=O)/C(=C\C(=O)OC)S2)cc1. The second-order valence-electron chi connectivity index (χ2n) is 4.65. The van der Waals surface area contributed by atoms with Gasteiger partial charge >= 0.3 is 5.97 Å². The largest absolute Gasteiger partial charge is 0.491 e. The lowest BCUT2D eigenvalue weighted by molar-refractivity contribution is -0.135. The van der Waals surface area contributed by atoms with Crippen LogP contribution in [0.2, 0.25) is 0 Å². The second-order valence-corrected chi connectivity index (χ2v) is 5.68. The molecular formula is C16H17N3O5S. The fraction of sp³-hybridized carbons (Fsp3) is 0.250. The summed E-state index contributed by atoms with van der Waals surface area (Å²) in [6.07, 6.45) is 2.65. The number of rotatable bonds is 7. The number of nitrogens with zero attached hydrogens (tertiary/aromatic N) is 2. The Morgan fingerprint density at radius 3 is 2.68 bits per heavy atom. The van der Waals surface area contributed by atoms with Crippen molar-refractivity contribution in [3.8, 4) is 5.75 Å². The number of esters is 1. The minimum atomic E-state index is -0.602. The Morgan fingerprint density at radius 2 is 2.00 bits per heavy atom. The van der Waals surface area contributed by atoms with Crippen LogP contribution in [-0.4, -0.2) is 50.7 Å². The molecule has 0 spiro atoms. The predicted molar refractivity (Wildman–Crippen MR) is 94.7 cm³/mol. The van der Waals surface area contributed by atoms with Crippen molar-refractivity contribution in [1.29, 1.82) is 0 Å².